The highest BCUT2D eigenvalue weighted by Gasteiger charge is 2.78. The molecule has 15 heteroatoms. The van der Waals surface area contributed by atoms with Gasteiger partial charge in [0.2, 0.25) is 0 Å². The van der Waals surface area contributed by atoms with Gasteiger partial charge >= 0.3 is 23.9 Å². The highest BCUT2D eigenvalue weighted by Crippen LogP contribution is 2.64. The minimum atomic E-state index is -2.40. The molecule has 8 rings (SSSR count). The van der Waals surface area contributed by atoms with Crippen LogP contribution in [-0.4, -0.2) is 105 Å². The minimum absolute atomic E-state index is 0.000437. The van der Waals surface area contributed by atoms with Crippen LogP contribution in [0.15, 0.2) is 108 Å². The van der Waals surface area contributed by atoms with Crippen LogP contribution in [0.2, 0.25) is 0 Å². The highest BCUT2D eigenvalue weighted by molar-refractivity contribution is 5.96. The normalized spacial score (nSPS) is 34.8. The molecule has 11 atom stereocenters. The van der Waals surface area contributed by atoms with E-state index in [2.05, 4.69) is 5.32 Å². The first kappa shape index (κ1) is 44.6. The van der Waals surface area contributed by atoms with E-state index >= 15 is 4.79 Å². The maximum Gasteiger partial charge on any atom is 0.338 e. The molecule has 2 heterocycles. The number of fused-ring (bicyclic) bond motifs is 3. The van der Waals surface area contributed by atoms with Crippen molar-refractivity contribution in [3.05, 3.63) is 130 Å². The SMILES string of the molecule is CC(=O)O[C@H]1C(=O)[C@]2(C)C(O)C[C@H]3OC[C@]34OC(=O)/C=C\Cc3ccccc3[C@H](NC(=O)c3ccccc3)[C@@H](O)C(=O)O[C@H]3C[C@@](O)([C@@H](OC(=O)c5ccccc5)[C@H]42)C(C)(C)C1=C3C. The Labute approximate surface area is 369 Å². The van der Waals surface area contributed by atoms with Gasteiger partial charge in [0.25, 0.3) is 5.91 Å². The van der Waals surface area contributed by atoms with Crippen LogP contribution >= 0.6 is 0 Å². The Morgan fingerprint density at radius 1 is 0.859 bits per heavy atom. The van der Waals surface area contributed by atoms with E-state index in [4.69, 9.17) is 23.7 Å². The number of ether oxygens (including phenoxy) is 5. The number of Topliss-reactive ketones (excluding diaryl/α,β-unsaturated/α-hetero) is 1. The lowest BCUT2D eigenvalue weighted by molar-refractivity contribution is -0.345. The standard InChI is InChI=1S/C49H51NO14/c1-26-32-24-49(59)42(63-44(57)30-18-10-7-11-19-30)40-47(5,41(55)39(61-27(2)51)36(26)46(49,3)4)33(52)23-34-48(40,25-60-34)64-35(53)22-14-20-28-15-12-13-21-31(28)37(38(54)45(58)62-32)50-43(56)29-16-8-6-9-17-29/h6-19,21-22,32-34,37-40,42,52,54,59H,20,23-25H2,1-5H3,(H,50,56)/b22-14-/t32-,33?,34+,37-,38+,39+,40-,42-,47+,48-,49+/m0/s1. The molecule has 1 spiro atoms. The lowest BCUT2D eigenvalue weighted by Crippen LogP contribution is -2.82. The molecule has 0 radical (unpaired) electrons. The highest BCUT2D eigenvalue weighted by atomic mass is 16.6. The molecular weight excluding hydrogens is 827 g/mol. The van der Waals surface area contributed by atoms with E-state index in [-0.39, 0.29) is 41.7 Å². The van der Waals surface area contributed by atoms with Crippen LogP contribution in [0.1, 0.15) is 85.3 Å². The Hall–Kier alpha value is -6.00. The molecule has 4 bridgehead atoms. The first-order valence-corrected chi connectivity index (χ1v) is 21.3. The number of aliphatic hydroxyl groups is 3. The van der Waals surface area contributed by atoms with Gasteiger partial charge in [-0.15, -0.1) is 0 Å². The monoisotopic (exact) mass is 877 g/mol. The molecule has 1 amide bonds. The van der Waals surface area contributed by atoms with Crippen molar-refractivity contribution in [2.45, 2.75) is 108 Å². The van der Waals surface area contributed by atoms with Gasteiger partial charge < -0.3 is 44.3 Å². The molecule has 2 aliphatic heterocycles. The molecular formula is C49H51NO14. The van der Waals surface area contributed by atoms with Gasteiger partial charge in [0.05, 0.1) is 35.6 Å². The quantitative estimate of drug-likeness (QED) is 0.163. The van der Waals surface area contributed by atoms with E-state index in [9.17, 15) is 39.3 Å². The fourth-order valence-corrected chi connectivity index (χ4v) is 10.8. The van der Waals surface area contributed by atoms with Crippen LogP contribution in [-0.2, 0) is 49.3 Å². The second kappa shape index (κ2) is 16.5. The third-order valence-electron chi connectivity index (χ3n) is 14.3. The van der Waals surface area contributed by atoms with Gasteiger partial charge in [-0.3, -0.25) is 14.4 Å². The smallest absolute Gasteiger partial charge is 0.338 e. The van der Waals surface area contributed by atoms with Crippen LogP contribution in [0.25, 0.3) is 0 Å². The van der Waals surface area contributed by atoms with Crippen LogP contribution in [0.5, 0.6) is 0 Å². The largest absolute Gasteiger partial charge is 0.456 e. The zero-order valence-electron chi connectivity index (χ0n) is 36.0. The number of amides is 1. The van der Waals surface area contributed by atoms with Crippen molar-refractivity contribution in [1.29, 1.82) is 0 Å². The maximum atomic E-state index is 15.6. The number of rotatable bonds is 5. The predicted octanol–water partition coefficient (Wildman–Crippen LogP) is 3.83. The van der Waals surface area contributed by atoms with E-state index in [1.165, 1.54) is 32.1 Å². The van der Waals surface area contributed by atoms with Gasteiger partial charge in [0.15, 0.2) is 23.6 Å². The molecule has 4 N–H and O–H groups in total. The lowest BCUT2D eigenvalue weighted by Gasteiger charge is -2.67. The molecule has 3 aromatic carbocycles. The van der Waals surface area contributed by atoms with Gasteiger partial charge in [-0.2, -0.15) is 0 Å². The minimum Gasteiger partial charge on any atom is -0.456 e. The number of hydrogen-bond acceptors (Lipinski definition) is 14. The first-order chi connectivity index (χ1) is 30.3. The van der Waals surface area contributed by atoms with Gasteiger partial charge in [-0.05, 0) is 66.8 Å². The summed E-state index contributed by atoms with van der Waals surface area (Å²) in [5.41, 5.74) is -6.68. The van der Waals surface area contributed by atoms with Crippen molar-refractivity contribution in [3.8, 4) is 0 Å². The van der Waals surface area contributed by atoms with Crippen molar-refractivity contribution < 1.29 is 67.8 Å². The summed E-state index contributed by atoms with van der Waals surface area (Å²) >= 11 is 0. The fourth-order valence-electron chi connectivity index (χ4n) is 10.8. The molecule has 3 aliphatic carbocycles. The molecule has 1 unspecified atom stereocenters. The summed E-state index contributed by atoms with van der Waals surface area (Å²) in [6.07, 6.45) is -8.00. The van der Waals surface area contributed by atoms with Crippen molar-refractivity contribution >= 4 is 35.6 Å². The van der Waals surface area contributed by atoms with Gasteiger partial charge in [0.1, 0.15) is 23.9 Å². The van der Waals surface area contributed by atoms with Crippen molar-refractivity contribution in [2.24, 2.45) is 16.7 Å². The number of hydrogen-bond donors (Lipinski definition) is 4. The summed E-state index contributed by atoms with van der Waals surface area (Å²) in [6, 6.07) is 21.3. The second-order valence-electron chi connectivity index (χ2n) is 18.1. The number of esters is 4. The molecule has 3 fully saturated rings. The molecule has 336 valence electrons. The first-order valence-electron chi connectivity index (χ1n) is 21.3. The predicted molar refractivity (Wildman–Crippen MR) is 225 cm³/mol. The molecule has 1 saturated heterocycles. The van der Waals surface area contributed by atoms with E-state index in [0.29, 0.717) is 11.1 Å². The molecule has 3 aromatic rings. The second-order valence-corrected chi connectivity index (χ2v) is 18.1. The lowest BCUT2D eigenvalue weighted by atomic mass is 9.44. The molecule has 0 aromatic heterocycles. The summed E-state index contributed by atoms with van der Waals surface area (Å²) in [5.74, 6) is -7.02. The van der Waals surface area contributed by atoms with Crippen molar-refractivity contribution in [3.63, 3.8) is 0 Å². The molecule has 2 saturated carbocycles. The number of allylic oxidation sites excluding steroid dienone is 1. The Balaban J connectivity index is 1.37. The Morgan fingerprint density at radius 2 is 1.50 bits per heavy atom. The van der Waals surface area contributed by atoms with Crippen LogP contribution in [0.3, 0.4) is 0 Å². The Kier molecular flexibility index (Phi) is 11.5. The number of nitrogens with one attached hydrogen (secondary N) is 1. The summed E-state index contributed by atoms with van der Waals surface area (Å²) < 4.78 is 30.9. The van der Waals surface area contributed by atoms with Crippen molar-refractivity contribution in [2.75, 3.05) is 6.61 Å². The average molecular weight is 878 g/mol. The van der Waals surface area contributed by atoms with Crippen molar-refractivity contribution in [1.82, 2.24) is 5.32 Å². The summed E-state index contributed by atoms with van der Waals surface area (Å²) in [4.78, 5) is 85.5. The average Bonchev–Trinajstić information content (AvgIpc) is 3.26. The number of benzene rings is 3. The summed E-state index contributed by atoms with van der Waals surface area (Å²) in [5, 5.41) is 40.8. The molecule has 64 heavy (non-hydrogen) atoms. The van der Waals surface area contributed by atoms with Gasteiger partial charge in [-0.25, -0.2) is 14.4 Å². The number of aliphatic hydroxyl groups excluding tert-OH is 2. The topological polar surface area (TPSA) is 221 Å². The number of ketones is 1. The van der Waals surface area contributed by atoms with Crippen LogP contribution in [0, 0.1) is 16.7 Å². The zero-order chi connectivity index (χ0) is 45.9. The van der Waals surface area contributed by atoms with E-state index < -0.39 is 113 Å². The van der Waals surface area contributed by atoms with Crippen LogP contribution < -0.4 is 5.32 Å². The summed E-state index contributed by atoms with van der Waals surface area (Å²) in [6.45, 7) is 6.83. The summed E-state index contributed by atoms with van der Waals surface area (Å²) in [7, 11) is 0. The van der Waals surface area contributed by atoms with Crippen LogP contribution in [0.4, 0.5) is 0 Å². The van der Waals surface area contributed by atoms with E-state index in [1.807, 2.05) is 0 Å². The third kappa shape index (κ3) is 7.14. The fraction of sp³-hybridized carbons (Fsp3) is 0.429. The third-order valence-corrected chi connectivity index (χ3v) is 14.3. The number of carbonyl (C=O) groups excluding carboxylic acids is 6. The Morgan fingerprint density at radius 3 is 2.14 bits per heavy atom. The zero-order valence-corrected chi connectivity index (χ0v) is 36.0. The number of carbonyl (C=O) groups is 6. The van der Waals surface area contributed by atoms with E-state index in [1.54, 1.807) is 86.6 Å². The molecule has 15 nitrogen and oxygen atoms in total. The maximum absolute atomic E-state index is 15.6. The van der Waals surface area contributed by atoms with Gasteiger partial charge in [0, 0.05) is 36.8 Å². The molecule has 5 aliphatic rings. The Bertz CT molecular complexity index is 2450. The van der Waals surface area contributed by atoms with E-state index in [0.717, 1.165) is 13.0 Å². The van der Waals surface area contributed by atoms with Gasteiger partial charge in [-0.1, -0.05) is 80.6 Å².